The normalized spacial score (nSPS) is 11.2. The molecule has 0 bridgehead atoms. The number of nitrogens with zero attached hydrogens (tertiary/aromatic N) is 1. The monoisotopic (exact) mass is 205 g/mol. The van der Waals surface area contributed by atoms with Gasteiger partial charge in [0.25, 0.3) is 0 Å². The Morgan fingerprint density at radius 3 is 2.87 bits per heavy atom. The minimum atomic E-state index is 0.298. The van der Waals surface area contributed by atoms with Gasteiger partial charge in [0.05, 0.1) is 6.61 Å². The molecule has 0 N–H and O–H groups in total. The molecule has 0 unspecified atom stereocenters. The van der Waals surface area contributed by atoms with Crippen LogP contribution in [0.3, 0.4) is 0 Å². The van der Waals surface area contributed by atoms with Crippen LogP contribution in [-0.4, -0.2) is 11.6 Å². The minimum absolute atomic E-state index is 0.298. The van der Waals surface area contributed by atoms with Gasteiger partial charge in [-0.15, -0.1) is 0 Å². The molecule has 0 aliphatic carbocycles. The van der Waals surface area contributed by atoms with E-state index < -0.39 is 0 Å². The van der Waals surface area contributed by atoms with E-state index >= 15 is 0 Å². The highest BCUT2D eigenvalue weighted by atomic mass is 16.5. The molecule has 80 valence electrons. The Labute approximate surface area is 89.1 Å². The predicted molar refractivity (Wildman–Crippen MR) is 59.3 cm³/mol. The molecule has 3 nitrogen and oxygen atoms in total. The van der Waals surface area contributed by atoms with Crippen LogP contribution in [0.15, 0.2) is 22.6 Å². The van der Waals surface area contributed by atoms with Crippen molar-refractivity contribution in [3.63, 3.8) is 0 Å². The smallest absolute Gasteiger partial charge is 0.198 e. The maximum Gasteiger partial charge on any atom is 0.198 e. The average Bonchev–Trinajstić information content (AvgIpc) is 2.63. The third-order valence-corrected chi connectivity index (χ3v) is 2.19. The number of hydrogen-bond donors (Lipinski definition) is 0. The molecule has 0 amide bonds. The number of ether oxygens (including phenoxy) is 1. The van der Waals surface area contributed by atoms with Crippen LogP contribution in [0.25, 0.3) is 11.1 Å². The maximum atomic E-state index is 5.68. The topological polar surface area (TPSA) is 35.3 Å². The summed E-state index contributed by atoms with van der Waals surface area (Å²) in [6.45, 7) is 6.71. The molecule has 0 saturated carbocycles. The highest BCUT2D eigenvalue weighted by molar-refractivity contribution is 5.79. The SMILES string of the molecule is CCOc1cccc2nc(C(C)C)oc12. The summed E-state index contributed by atoms with van der Waals surface area (Å²) in [6, 6.07) is 5.77. The standard InChI is InChI=1S/C12H15NO2/c1-4-14-10-7-5-6-9-11(10)15-12(13-9)8(2)3/h5-8H,4H2,1-3H3. The largest absolute Gasteiger partial charge is 0.490 e. The molecule has 0 aliphatic rings. The molecule has 2 rings (SSSR count). The van der Waals surface area contributed by atoms with Crippen molar-refractivity contribution in [1.29, 1.82) is 0 Å². The molecule has 1 aromatic carbocycles. The summed E-state index contributed by atoms with van der Waals surface area (Å²) in [5.41, 5.74) is 1.62. The molecule has 3 heteroatoms. The summed E-state index contributed by atoms with van der Waals surface area (Å²) >= 11 is 0. The maximum absolute atomic E-state index is 5.68. The van der Waals surface area contributed by atoms with E-state index in [1.54, 1.807) is 0 Å². The third kappa shape index (κ3) is 1.82. The van der Waals surface area contributed by atoms with Gasteiger partial charge in [-0.05, 0) is 19.1 Å². The van der Waals surface area contributed by atoms with Gasteiger partial charge in [-0.25, -0.2) is 4.98 Å². The number of oxazole rings is 1. The van der Waals surface area contributed by atoms with Gasteiger partial charge in [-0.3, -0.25) is 0 Å². The van der Waals surface area contributed by atoms with E-state index in [4.69, 9.17) is 9.15 Å². The second kappa shape index (κ2) is 3.93. The van der Waals surface area contributed by atoms with Crippen LogP contribution >= 0.6 is 0 Å². The molecular formula is C12H15NO2. The van der Waals surface area contributed by atoms with Gasteiger partial charge >= 0.3 is 0 Å². The summed E-state index contributed by atoms with van der Waals surface area (Å²) in [5, 5.41) is 0. The summed E-state index contributed by atoms with van der Waals surface area (Å²) in [6.07, 6.45) is 0. The van der Waals surface area contributed by atoms with Gasteiger partial charge in [-0.1, -0.05) is 19.9 Å². The van der Waals surface area contributed by atoms with Crippen molar-refractivity contribution in [1.82, 2.24) is 4.98 Å². The summed E-state index contributed by atoms with van der Waals surface area (Å²) in [4.78, 5) is 4.41. The van der Waals surface area contributed by atoms with Crippen molar-refractivity contribution in [2.45, 2.75) is 26.7 Å². The molecule has 1 aromatic heterocycles. The zero-order valence-electron chi connectivity index (χ0n) is 9.28. The van der Waals surface area contributed by atoms with Crippen LogP contribution in [0.2, 0.25) is 0 Å². The first kappa shape index (κ1) is 10.0. The van der Waals surface area contributed by atoms with Crippen LogP contribution in [-0.2, 0) is 0 Å². The van der Waals surface area contributed by atoms with E-state index in [1.165, 1.54) is 0 Å². The lowest BCUT2D eigenvalue weighted by atomic mass is 10.2. The number of para-hydroxylation sites is 1. The second-order valence-corrected chi connectivity index (χ2v) is 3.74. The molecule has 2 aromatic rings. The lowest BCUT2D eigenvalue weighted by Crippen LogP contribution is -1.90. The fraction of sp³-hybridized carbons (Fsp3) is 0.417. The average molecular weight is 205 g/mol. The van der Waals surface area contributed by atoms with Gasteiger partial charge in [0.2, 0.25) is 0 Å². The fourth-order valence-electron chi connectivity index (χ4n) is 1.46. The number of aromatic nitrogens is 1. The fourth-order valence-corrected chi connectivity index (χ4v) is 1.46. The zero-order valence-corrected chi connectivity index (χ0v) is 9.28. The van der Waals surface area contributed by atoms with Crippen molar-refractivity contribution in [2.24, 2.45) is 0 Å². The van der Waals surface area contributed by atoms with E-state index in [1.807, 2.05) is 25.1 Å². The quantitative estimate of drug-likeness (QED) is 0.770. The molecule has 0 saturated heterocycles. The summed E-state index contributed by atoms with van der Waals surface area (Å²) < 4.78 is 11.2. The molecule has 0 spiro atoms. The van der Waals surface area contributed by atoms with Gasteiger partial charge in [0, 0.05) is 5.92 Å². The van der Waals surface area contributed by atoms with E-state index in [0.717, 1.165) is 22.7 Å². The molecule has 0 atom stereocenters. The predicted octanol–water partition coefficient (Wildman–Crippen LogP) is 3.35. The Kier molecular flexibility index (Phi) is 2.62. The molecule has 15 heavy (non-hydrogen) atoms. The number of hydrogen-bond acceptors (Lipinski definition) is 3. The van der Waals surface area contributed by atoms with E-state index in [9.17, 15) is 0 Å². The Hall–Kier alpha value is -1.51. The van der Waals surface area contributed by atoms with Crippen molar-refractivity contribution in [3.05, 3.63) is 24.1 Å². The molecule has 0 aliphatic heterocycles. The highest BCUT2D eigenvalue weighted by Crippen LogP contribution is 2.28. The van der Waals surface area contributed by atoms with Crippen LogP contribution in [0.1, 0.15) is 32.6 Å². The van der Waals surface area contributed by atoms with Crippen molar-refractivity contribution in [3.8, 4) is 5.75 Å². The first-order valence-corrected chi connectivity index (χ1v) is 5.24. The highest BCUT2D eigenvalue weighted by Gasteiger charge is 2.12. The molecule has 0 fully saturated rings. The van der Waals surface area contributed by atoms with Gasteiger partial charge in [-0.2, -0.15) is 0 Å². The van der Waals surface area contributed by atoms with Gasteiger partial charge in [0.15, 0.2) is 17.2 Å². The van der Waals surface area contributed by atoms with E-state index in [2.05, 4.69) is 18.8 Å². The van der Waals surface area contributed by atoms with Crippen LogP contribution in [0.4, 0.5) is 0 Å². The summed E-state index contributed by atoms with van der Waals surface area (Å²) in [5.74, 6) is 1.83. The Balaban J connectivity index is 2.54. The van der Waals surface area contributed by atoms with Gasteiger partial charge in [0.1, 0.15) is 5.52 Å². The molecule has 1 heterocycles. The first-order chi connectivity index (χ1) is 7.22. The van der Waals surface area contributed by atoms with Crippen molar-refractivity contribution in [2.75, 3.05) is 6.61 Å². The van der Waals surface area contributed by atoms with Gasteiger partial charge < -0.3 is 9.15 Å². The Morgan fingerprint density at radius 2 is 2.20 bits per heavy atom. The van der Waals surface area contributed by atoms with E-state index in [0.29, 0.717) is 12.5 Å². The van der Waals surface area contributed by atoms with Crippen LogP contribution < -0.4 is 4.74 Å². The minimum Gasteiger partial charge on any atom is -0.490 e. The van der Waals surface area contributed by atoms with Crippen LogP contribution in [0.5, 0.6) is 5.75 Å². The second-order valence-electron chi connectivity index (χ2n) is 3.74. The first-order valence-electron chi connectivity index (χ1n) is 5.24. The Bertz CT molecular complexity index is 460. The van der Waals surface area contributed by atoms with Crippen molar-refractivity contribution < 1.29 is 9.15 Å². The number of fused-ring (bicyclic) bond motifs is 1. The lowest BCUT2D eigenvalue weighted by Gasteiger charge is -2.01. The summed E-state index contributed by atoms with van der Waals surface area (Å²) in [7, 11) is 0. The third-order valence-electron chi connectivity index (χ3n) is 2.19. The Morgan fingerprint density at radius 1 is 1.40 bits per heavy atom. The van der Waals surface area contributed by atoms with Crippen LogP contribution in [0, 0.1) is 0 Å². The molecule has 0 radical (unpaired) electrons. The number of benzene rings is 1. The van der Waals surface area contributed by atoms with Crippen molar-refractivity contribution >= 4 is 11.1 Å². The zero-order chi connectivity index (χ0) is 10.8. The molecular weight excluding hydrogens is 190 g/mol. The lowest BCUT2D eigenvalue weighted by molar-refractivity contribution is 0.337. The number of rotatable bonds is 3. The van der Waals surface area contributed by atoms with E-state index in [-0.39, 0.29) is 0 Å².